The van der Waals surface area contributed by atoms with Crippen molar-refractivity contribution in [3.05, 3.63) is 29.3 Å². The Morgan fingerprint density at radius 3 is 2.55 bits per heavy atom. The molecule has 1 saturated heterocycles. The standard InChI is InChI=1S/C18H29NO/c1-5-12-20-18-13-16(14(2)3)6-7-17(18)15-8-10-19(4)11-9-15/h6-7,13-15H,5,8-12H2,1-4H3. The first-order valence-electron chi connectivity index (χ1n) is 8.07. The van der Waals surface area contributed by atoms with E-state index >= 15 is 0 Å². The number of ether oxygens (including phenoxy) is 1. The molecule has 0 unspecified atom stereocenters. The van der Waals surface area contributed by atoms with E-state index in [2.05, 4.69) is 50.9 Å². The van der Waals surface area contributed by atoms with Crippen molar-refractivity contribution < 1.29 is 4.74 Å². The van der Waals surface area contributed by atoms with E-state index in [1.807, 2.05) is 0 Å². The number of hydrogen-bond donors (Lipinski definition) is 0. The maximum Gasteiger partial charge on any atom is 0.123 e. The Labute approximate surface area is 124 Å². The number of hydrogen-bond acceptors (Lipinski definition) is 2. The summed E-state index contributed by atoms with van der Waals surface area (Å²) >= 11 is 0. The fourth-order valence-electron chi connectivity index (χ4n) is 2.90. The van der Waals surface area contributed by atoms with Crippen LogP contribution in [-0.2, 0) is 0 Å². The first-order chi connectivity index (χ1) is 9.61. The lowest BCUT2D eigenvalue weighted by Gasteiger charge is -2.30. The van der Waals surface area contributed by atoms with Crippen molar-refractivity contribution in [1.82, 2.24) is 4.90 Å². The van der Waals surface area contributed by atoms with Crippen LogP contribution in [0.15, 0.2) is 18.2 Å². The molecule has 0 bridgehead atoms. The number of piperidine rings is 1. The van der Waals surface area contributed by atoms with Crippen LogP contribution in [0.1, 0.15) is 63.0 Å². The van der Waals surface area contributed by atoms with E-state index in [0.717, 1.165) is 18.8 Å². The fourth-order valence-corrected chi connectivity index (χ4v) is 2.90. The highest BCUT2D eigenvalue weighted by atomic mass is 16.5. The van der Waals surface area contributed by atoms with Gasteiger partial charge < -0.3 is 9.64 Å². The average molecular weight is 275 g/mol. The van der Waals surface area contributed by atoms with Gasteiger partial charge in [0.1, 0.15) is 5.75 Å². The maximum absolute atomic E-state index is 6.04. The van der Waals surface area contributed by atoms with Gasteiger partial charge in [-0.2, -0.15) is 0 Å². The van der Waals surface area contributed by atoms with Crippen LogP contribution >= 0.6 is 0 Å². The number of rotatable bonds is 5. The Kier molecular flexibility index (Phi) is 5.47. The molecule has 0 N–H and O–H groups in total. The minimum absolute atomic E-state index is 0.561. The molecule has 0 aliphatic carbocycles. The summed E-state index contributed by atoms with van der Waals surface area (Å²) in [7, 11) is 2.21. The van der Waals surface area contributed by atoms with Crippen LogP contribution < -0.4 is 4.74 Å². The summed E-state index contributed by atoms with van der Waals surface area (Å²) in [6.45, 7) is 9.87. The van der Waals surface area contributed by atoms with Crippen LogP contribution in [0.25, 0.3) is 0 Å². The average Bonchev–Trinajstić information content (AvgIpc) is 2.45. The molecule has 0 saturated carbocycles. The van der Waals surface area contributed by atoms with Gasteiger partial charge in [-0.05, 0) is 68.4 Å². The minimum Gasteiger partial charge on any atom is -0.493 e. The summed E-state index contributed by atoms with van der Waals surface area (Å²) in [5.74, 6) is 2.36. The summed E-state index contributed by atoms with van der Waals surface area (Å²) in [4.78, 5) is 2.42. The highest BCUT2D eigenvalue weighted by Gasteiger charge is 2.22. The van der Waals surface area contributed by atoms with E-state index in [9.17, 15) is 0 Å². The van der Waals surface area contributed by atoms with E-state index in [-0.39, 0.29) is 0 Å². The second-order valence-corrected chi connectivity index (χ2v) is 6.38. The number of benzene rings is 1. The second kappa shape index (κ2) is 7.12. The summed E-state index contributed by atoms with van der Waals surface area (Å²) in [6, 6.07) is 6.88. The van der Waals surface area contributed by atoms with Gasteiger partial charge in [0.15, 0.2) is 0 Å². The third kappa shape index (κ3) is 3.76. The first-order valence-corrected chi connectivity index (χ1v) is 8.07. The first kappa shape index (κ1) is 15.4. The summed E-state index contributed by atoms with van der Waals surface area (Å²) < 4.78 is 6.04. The van der Waals surface area contributed by atoms with Gasteiger partial charge in [0, 0.05) is 0 Å². The van der Waals surface area contributed by atoms with Crippen molar-refractivity contribution >= 4 is 0 Å². The van der Waals surface area contributed by atoms with Crippen molar-refractivity contribution in [2.24, 2.45) is 0 Å². The van der Waals surface area contributed by atoms with Gasteiger partial charge in [-0.1, -0.05) is 32.9 Å². The Morgan fingerprint density at radius 1 is 1.25 bits per heavy atom. The normalized spacial score (nSPS) is 17.6. The van der Waals surface area contributed by atoms with Crippen LogP contribution in [0.2, 0.25) is 0 Å². The van der Waals surface area contributed by atoms with E-state index < -0.39 is 0 Å². The van der Waals surface area contributed by atoms with Crippen molar-refractivity contribution in [3.63, 3.8) is 0 Å². The van der Waals surface area contributed by atoms with Gasteiger partial charge in [0.25, 0.3) is 0 Å². The molecule has 1 aromatic carbocycles. The van der Waals surface area contributed by atoms with E-state index in [4.69, 9.17) is 4.74 Å². The summed E-state index contributed by atoms with van der Waals surface area (Å²) in [6.07, 6.45) is 3.57. The van der Waals surface area contributed by atoms with Crippen LogP contribution in [0.3, 0.4) is 0 Å². The molecule has 2 rings (SSSR count). The largest absolute Gasteiger partial charge is 0.493 e. The fraction of sp³-hybridized carbons (Fsp3) is 0.667. The Bertz CT molecular complexity index is 419. The van der Waals surface area contributed by atoms with Crippen LogP contribution in [0, 0.1) is 0 Å². The summed E-state index contributed by atoms with van der Waals surface area (Å²) in [5, 5.41) is 0. The van der Waals surface area contributed by atoms with Gasteiger partial charge in [0.05, 0.1) is 6.61 Å². The van der Waals surface area contributed by atoms with Gasteiger partial charge in [-0.3, -0.25) is 0 Å². The molecule has 20 heavy (non-hydrogen) atoms. The lowest BCUT2D eigenvalue weighted by Crippen LogP contribution is -2.29. The molecular weight excluding hydrogens is 246 g/mol. The maximum atomic E-state index is 6.04. The predicted molar refractivity (Wildman–Crippen MR) is 85.8 cm³/mol. The Balaban J connectivity index is 2.21. The molecule has 1 heterocycles. The van der Waals surface area contributed by atoms with E-state index in [0.29, 0.717) is 11.8 Å². The number of nitrogens with zero attached hydrogens (tertiary/aromatic N) is 1. The number of likely N-dealkylation sites (tertiary alicyclic amines) is 1. The zero-order valence-electron chi connectivity index (χ0n) is 13.5. The topological polar surface area (TPSA) is 12.5 Å². The molecule has 1 fully saturated rings. The lowest BCUT2D eigenvalue weighted by molar-refractivity contribution is 0.249. The Morgan fingerprint density at radius 2 is 1.95 bits per heavy atom. The van der Waals surface area contributed by atoms with Crippen LogP contribution in [-0.4, -0.2) is 31.6 Å². The van der Waals surface area contributed by atoms with Crippen molar-refractivity contribution in [1.29, 1.82) is 0 Å². The molecule has 0 radical (unpaired) electrons. The zero-order valence-corrected chi connectivity index (χ0v) is 13.5. The molecule has 0 aromatic heterocycles. The molecule has 0 amide bonds. The summed E-state index contributed by atoms with van der Waals surface area (Å²) in [5.41, 5.74) is 2.81. The molecule has 2 nitrogen and oxygen atoms in total. The minimum atomic E-state index is 0.561. The van der Waals surface area contributed by atoms with Crippen LogP contribution in [0.5, 0.6) is 5.75 Å². The van der Waals surface area contributed by atoms with E-state index in [1.165, 1.54) is 37.1 Å². The molecule has 1 aromatic rings. The monoisotopic (exact) mass is 275 g/mol. The smallest absolute Gasteiger partial charge is 0.123 e. The quantitative estimate of drug-likeness (QED) is 0.789. The lowest BCUT2D eigenvalue weighted by atomic mass is 9.87. The van der Waals surface area contributed by atoms with Crippen molar-refractivity contribution in [3.8, 4) is 5.75 Å². The third-order valence-corrected chi connectivity index (χ3v) is 4.32. The predicted octanol–water partition coefficient (Wildman–Crippen LogP) is 4.41. The molecule has 112 valence electrons. The molecule has 0 atom stereocenters. The third-order valence-electron chi connectivity index (χ3n) is 4.32. The zero-order chi connectivity index (χ0) is 14.5. The molecule has 1 aliphatic heterocycles. The molecular formula is C18H29NO. The Hall–Kier alpha value is -1.02. The van der Waals surface area contributed by atoms with Gasteiger partial charge in [-0.25, -0.2) is 0 Å². The van der Waals surface area contributed by atoms with Crippen molar-refractivity contribution in [2.45, 2.75) is 51.9 Å². The highest BCUT2D eigenvalue weighted by Crippen LogP contribution is 2.36. The highest BCUT2D eigenvalue weighted by molar-refractivity contribution is 5.41. The second-order valence-electron chi connectivity index (χ2n) is 6.38. The van der Waals surface area contributed by atoms with Crippen molar-refractivity contribution in [2.75, 3.05) is 26.7 Å². The van der Waals surface area contributed by atoms with E-state index in [1.54, 1.807) is 0 Å². The van der Waals surface area contributed by atoms with Gasteiger partial charge >= 0.3 is 0 Å². The SMILES string of the molecule is CCCOc1cc(C(C)C)ccc1C1CCN(C)CC1. The molecule has 0 spiro atoms. The molecule has 1 aliphatic rings. The van der Waals surface area contributed by atoms with Gasteiger partial charge in [-0.15, -0.1) is 0 Å². The van der Waals surface area contributed by atoms with Gasteiger partial charge in [0.2, 0.25) is 0 Å². The molecule has 2 heteroatoms. The van der Waals surface area contributed by atoms with Crippen LogP contribution in [0.4, 0.5) is 0 Å².